The summed E-state index contributed by atoms with van der Waals surface area (Å²) in [5.74, 6) is 2.26. The molecule has 0 fully saturated rings. The Hall–Kier alpha value is -1.82. The van der Waals surface area contributed by atoms with Gasteiger partial charge >= 0.3 is 5.97 Å². The van der Waals surface area contributed by atoms with Gasteiger partial charge in [0.15, 0.2) is 0 Å². The van der Waals surface area contributed by atoms with Crippen molar-refractivity contribution in [3.8, 4) is 12.3 Å². The van der Waals surface area contributed by atoms with Crippen LogP contribution in [0.4, 0.5) is 0 Å². The van der Waals surface area contributed by atoms with Crippen molar-refractivity contribution in [1.82, 2.24) is 4.98 Å². The molecule has 3 nitrogen and oxygen atoms in total. The van der Waals surface area contributed by atoms with Gasteiger partial charge in [-0.15, -0.1) is 6.42 Å². The average Bonchev–Trinajstić information content (AvgIpc) is 2.25. The zero-order valence-corrected chi connectivity index (χ0v) is 8.69. The number of pyridine rings is 1. The molecule has 1 aromatic rings. The number of carbonyl (C=O) groups is 1. The zero-order valence-electron chi connectivity index (χ0n) is 8.69. The first-order chi connectivity index (χ1) is 7.22. The summed E-state index contributed by atoms with van der Waals surface area (Å²) in [6.07, 6.45) is 8.44. The zero-order chi connectivity index (χ0) is 11.1. The lowest BCUT2D eigenvalue weighted by Crippen LogP contribution is -2.02. The van der Waals surface area contributed by atoms with E-state index in [0.29, 0.717) is 6.61 Å². The van der Waals surface area contributed by atoms with E-state index in [0.717, 1.165) is 24.1 Å². The van der Waals surface area contributed by atoms with Crippen molar-refractivity contribution in [3.63, 3.8) is 0 Å². The number of hydrogen-bond acceptors (Lipinski definition) is 3. The molecule has 0 atom stereocenters. The van der Waals surface area contributed by atoms with Crippen LogP contribution in [0.1, 0.15) is 24.6 Å². The molecule has 0 saturated carbocycles. The van der Waals surface area contributed by atoms with E-state index >= 15 is 0 Å². The summed E-state index contributed by atoms with van der Waals surface area (Å²) in [5.41, 5.74) is 1.74. The first-order valence-electron chi connectivity index (χ1n) is 4.77. The van der Waals surface area contributed by atoms with E-state index in [1.54, 1.807) is 6.20 Å². The number of aromatic nitrogens is 1. The SMILES string of the molecule is C#Cc1ccc(CCCOC(C)=O)nc1. The molecule has 0 bridgehead atoms. The third-order valence-electron chi connectivity index (χ3n) is 1.87. The molecule has 1 rings (SSSR count). The van der Waals surface area contributed by atoms with E-state index in [4.69, 9.17) is 11.2 Å². The third-order valence-corrected chi connectivity index (χ3v) is 1.87. The standard InChI is InChI=1S/C12H13NO2/c1-3-11-6-7-12(13-9-11)5-4-8-15-10(2)14/h1,6-7,9H,4-5,8H2,2H3. The molecule has 1 heterocycles. The van der Waals surface area contributed by atoms with E-state index < -0.39 is 0 Å². The van der Waals surface area contributed by atoms with Gasteiger partial charge in [-0.2, -0.15) is 0 Å². The van der Waals surface area contributed by atoms with Gasteiger partial charge in [-0.05, 0) is 25.0 Å². The number of esters is 1. The van der Waals surface area contributed by atoms with Crippen LogP contribution < -0.4 is 0 Å². The Morgan fingerprint density at radius 1 is 1.60 bits per heavy atom. The second-order valence-electron chi connectivity index (χ2n) is 3.13. The number of carbonyl (C=O) groups excluding carboxylic acids is 1. The van der Waals surface area contributed by atoms with Crippen LogP contribution >= 0.6 is 0 Å². The maximum atomic E-state index is 10.5. The van der Waals surface area contributed by atoms with Gasteiger partial charge < -0.3 is 4.74 Å². The van der Waals surface area contributed by atoms with Crippen molar-refractivity contribution >= 4 is 5.97 Å². The second-order valence-corrected chi connectivity index (χ2v) is 3.13. The Morgan fingerprint density at radius 3 is 2.93 bits per heavy atom. The van der Waals surface area contributed by atoms with Gasteiger partial charge in [-0.25, -0.2) is 0 Å². The maximum Gasteiger partial charge on any atom is 0.302 e. The fourth-order valence-corrected chi connectivity index (χ4v) is 1.13. The molecular formula is C12H13NO2. The molecule has 0 unspecified atom stereocenters. The van der Waals surface area contributed by atoms with E-state index in [2.05, 4.69) is 10.9 Å². The lowest BCUT2D eigenvalue weighted by atomic mass is 10.2. The van der Waals surface area contributed by atoms with Crippen molar-refractivity contribution < 1.29 is 9.53 Å². The highest BCUT2D eigenvalue weighted by molar-refractivity contribution is 5.65. The van der Waals surface area contributed by atoms with Gasteiger partial charge in [0.1, 0.15) is 0 Å². The van der Waals surface area contributed by atoms with Crippen molar-refractivity contribution in [2.24, 2.45) is 0 Å². The van der Waals surface area contributed by atoms with E-state index in [9.17, 15) is 4.79 Å². The highest BCUT2D eigenvalue weighted by Gasteiger charge is 1.96. The molecule has 0 aliphatic carbocycles. The van der Waals surface area contributed by atoms with Gasteiger partial charge in [0.25, 0.3) is 0 Å². The van der Waals surface area contributed by atoms with E-state index in [1.165, 1.54) is 6.92 Å². The lowest BCUT2D eigenvalue weighted by molar-refractivity contribution is -0.141. The average molecular weight is 203 g/mol. The smallest absolute Gasteiger partial charge is 0.302 e. The Morgan fingerprint density at radius 2 is 2.40 bits per heavy atom. The summed E-state index contributed by atoms with van der Waals surface area (Å²) < 4.78 is 4.81. The van der Waals surface area contributed by atoms with Gasteiger partial charge in [0.2, 0.25) is 0 Å². The van der Waals surface area contributed by atoms with E-state index in [-0.39, 0.29) is 5.97 Å². The topological polar surface area (TPSA) is 39.2 Å². The molecule has 1 aromatic heterocycles. The lowest BCUT2D eigenvalue weighted by Gasteiger charge is -2.01. The Balaban J connectivity index is 2.32. The second kappa shape index (κ2) is 5.82. The molecule has 0 N–H and O–H groups in total. The van der Waals surface area contributed by atoms with Gasteiger partial charge in [-0.3, -0.25) is 9.78 Å². The summed E-state index contributed by atoms with van der Waals surface area (Å²) in [7, 11) is 0. The van der Waals surface area contributed by atoms with Crippen LogP contribution in [0.3, 0.4) is 0 Å². The highest BCUT2D eigenvalue weighted by Crippen LogP contribution is 2.02. The molecule has 0 spiro atoms. The molecular weight excluding hydrogens is 190 g/mol. The number of ether oxygens (including phenoxy) is 1. The first-order valence-corrected chi connectivity index (χ1v) is 4.77. The van der Waals surface area contributed by atoms with Gasteiger partial charge in [0, 0.05) is 24.4 Å². The molecule has 0 aliphatic heterocycles. The fourth-order valence-electron chi connectivity index (χ4n) is 1.13. The molecule has 0 radical (unpaired) electrons. The summed E-state index contributed by atoms with van der Waals surface area (Å²) in [6, 6.07) is 3.75. The van der Waals surface area contributed by atoms with Crippen LogP contribution in [0, 0.1) is 12.3 Å². The minimum Gasteiger partial charge on any atom is -0.466 e. The van der Waals surface area contributed by atoms with Gasteiger partial charge in [-0.1, -0.05) is 5.92 Å². The number of nitrogens with zero attached hydrogens (tertiary/aromatic N) is 1. The van der Waals surface area contributed by atoms with Crippen molar-refractivity contribution in [3.05, 3.63) is 29.6 Å². The van der Waals surface area contributed by atoms with E-state index in [1.807, 2.05) is 12.1 Å². The normalized spacial score (nSPS) is 9.33. The molecule has 0 amide bonds. The summed E-state index contributed by atoms with van der Waals surface area (Å²) in [6.45, 7) is 1.84. The van der Waals surface area contributed by atoms with Crippen molar-refractivity contribution in [2.75, 3.05) is 6.61 Å². The Bertz CT molecular complexity index is 362. The number of rotatable bonds is 4. The van der Waals surface area contributed by atoms with Crippen LogP contribution in [-0.2, 0) is 16.0 Å². The molecule has 3 heteroatoms. The first kappa shape index (κ1) is 11.3. The molecule has 78 valence electrons. The minimum absolute atomic E-state index is 0.245. The van der Waals surface area contributed by atoms with Crippen LogP contribution in [0.2, 0.25) is 0 Å². The maximum absolute atomic E-state index is 10.5. The van der Waals surface area contributed by atoms with Crippen molar-refractivity contribution in [1.29, 1.82) is 0 Å². The summed E-state index contributed by atoms with van der Waals surface area (Å²) >= 11 is 0. The third kappa shape index (κ3) is 4.28. The predicted molar refractivity (Wildman–Crippen MR) is 57.1 cm³/mol. The summed E-state index contributed by atoms with van der Waals surface area (Å²) in [4.78, 5) is 14.7. The highest BCUT2D eigenvalue weighted by atomic mass is 16.5. The summed E-state index contributed by atoms with van der Waals surface area (Å²) in [5, 5.41) is 0. The molecule has 0 saturated heterocycles. The molecule has 0 aromatic carbocycles. The van der Waals surface area contributed by atoms with Crippen molar-refractivity contribution in [2.45, 2.75) is 19.8 Å². The Labute approximate surface area is 89.5 Å². The van der Waals surface area contributed by atoms with Crippen LogP contribution in [0.5, 0.6) is 0 Å². The van der Waals surface area contributed by atoms with Crippen LogP contribution in [0.15, 0.2) is 18.3 Å². The fraction of sp³-hybridized carbons (Fsp3) is 0.333. The Kier molecular flexibility index (Phi) is 4.36. The minimum atomic E-state index is -0.245. The molecule has 0 aliphatic rings. The van der Waals surface area contributed by atoms with Crippen LogP contribution in [-0.4, -0.2) is 17.6 Å². The number of terminal acetylenes is 1. The largest absolute Gasteiger partial charge is 0.466 e. The van der Waals surface area contributed by atoms with Gasteiger partial charge in [0.05, 0.1) is 6.61 Å². The number of aryl methyl sites for hydroxylation is 1. The monoisotopic (exact) mass is 203 g/mol. The van der Waals surface area contributed by atoms with Crippen LogP contribution in [0.25, 0.3) is 0 Å². The number of hydrogen-bond donors (Lipinski definition) is 0. The predicted octanol–water partition coefficient (Wildman–Crippen LogP) is 1.56. The quantitative estimate of drug-likeness (QED) is 0.423. The molecule has 15 heavy (non-hydrogen) atoms.